The molecule has 1 unspecified atom stereocenters. The second kappa shape index (κ2) is 11.3. The van der Waals surface area contributed by atoms with Crippen LogP contribution in [0.2, 0.25) is 0 Å². The minimum Gasteiger partial charge on any atom is -0.475 e. The SMILES string of the molecule is Cn1cnc(-c2ccccc2C(=O)N2CCC(F)(F)C(Oc3ccc4ccccc4n3)C2)c1.O=C(O)C(F)(F)F. The van der Waals surface area contributed by atoms with E-state index in [1.807, 2.05) is 37.5 Å². The van der Waals surface area contributed by atoms with Gasteiger partial charge < -0.3 is 19.3 Å². The number of fused-ring (bicyclic) bond motifs is 1. The van der Waals surface area contributed by atoms with Crippen molar-refractivity contribution in [1.82, 2.24) is 19.4 Å². The molecule has 210 valence electrons. The third kappa shape index (κ3) is 6.53. The van der Waals surface area contributed by atoms with Crippen LogP contribution in [-0.4, -0.2) is 67.7 Å². The molecule has 40 heavy (non-hydrogen) atoms. The fraction of sp³-hybridized carbons (Fsp3) is 0.259. The molecule has 0 aliphatic carbocycles. The first-order chi connectivity index (χ1) is 18.8. The number of carboxylic acids is 1. The minimum atomic E-state index is -5.08. The van der Waals surface area contributed by atoms with Crippen molar-refractivity contribution in [2.45, 2.75) is 24.6 Å². The molecule has 2 aromatic carbocycles. The summed E-state index contributed by atoms with van der Waals surface area (Å²) < 4.78 is 68.7. The Labute approximate surface area is 224 Å². The summed E-state index contributed by atoms with van der Waals surface area (Å²) in [4.78, 5) is 32.4. The number of ether oxygens (including phenoxy) is 1. The van der Waals surface area contributed by atoms with Crippen molar-refractivity contribution in [3.05, 3.63) is 78.8 Å². The third-order valence-corrected chi connectivity index (χ3v) is 6.08. The molecule has 8 nitrogen and oxygen atoms in total. The number of amides is 1. The molecule has 1 aliphatic heterocycles. The van der Waals surface area contributed by atoms with Gasteiger partial charge in [-0.3, -0.25) is 4.79 Å². The predicted molar refractivity (Wildman–Crippen MR) is 134 cm³/mol. The first-order valence-corrected chi connectivity index (χ1v) is 11.9. The molecule has 1 aliphatic rings. The van der Waals surface area contributed by atoms with Crippen LogP contribution in [0.5, 0.6) is 5.88 Å². The lowest BCUT2D eigenvalue weighted by Gasteiger charge is -2.38. The van der Waals surface area contributed by atoms with Crippen LogP contribution >= 0.6 is 0 Å². The second-order valence-electron chi connectivity index (χ2n) is 8.98. The molecule has 1 amide bonds. The van der Waals surface area contributed by atoms with Crippen LogP contribution in [0.25, 0.3) is 22.2 Å². The summed E-state index contributed by atoms with van der Waals surface area (Å²) >= 11 is 0. The van der Waals surface area contributed by atoms with Crippen LogP contribution in [0.15, 0.2) is 73.2 Å². The van der Waals surface area contributed by atoms with Gasteiger partial charge in [0.05, 0.1) is 24.1 Å². The smallest absolute Gasteiger partial charge is 0.475 e. The number of aryl methyl sites for hydroxylation is 1. The molecule has 13 heteroatoms. The predicted octanol–water partition coefficient (Wildman–Crippen LogP) is 5.20. The summed E-state index contributed by atoms with van der Waals surface area (Å²) in [5.41, 5.74) is 2.39. The first kappa shape index (κ1) is 28.5. The average molecular weight is 562 g/mol. The quantitative estimate of drug-likeness (QED) is 0.344. The maximum atomic E-state index is 14.8. The second-order valence-corrected chi connectivity index (χ2v) is 8.98. The molecular weight excluding hydrogens is 539 g/mol. The number of aromatic nitrogens is 3. The number of nitrogens with zero attached hydrogens (tertiary/aromatic N) is 4. The van der Waals surface area contributed by atoms with Gasteiger partial charge in [-0.1, -0.05) is 36.4 Å². The number of pyridine rings is 1. The highest BCUT2D eigenvalue weighted by atomic mass is 19.4. The van der Waals surface area contributed by atoms with E-state index < -0.39 is 30.6 Å². The van der Waals surface area contributed by atoms with Gasteiger partial charge in [0, 0.05) is 48.8 Å². The van der Waals surface area contributed by atoms with E-state index in [4.69, 9.17) is 14.6 Å². The van der Waals surface area contributed by atoms with Gasteiger partial charge in [-0.05, 0) is 18.2 Å². The van der Waals surface area contributed by atoms with Crippen LogP contribution in [0.1, 0.15) is 16.8 Å². The fourth-order valence-electron chi connectivity index (χ4n) is 4.05. The lowest BCUT2D eigenvalue weighted by molar-refractivity contribution is -0.192. The van der Waals surface area contributed by atoms with Crippen molar-refractivity contribution in [1.29, 1.82) is 0 Å². The maximum absolute atomic E-state index is 14.8. The molecule has 0 spiro atoms. The number of carboxylic acid groups (broad SMARTS) is 1. The summed E-state index contributed by atoms with van der Waals surface area (Å²) in [6.45, 7) is -0.301. The summed E-state index contributed by atoms with van der Waals surface area (Å²) in [5.74, 6) is -6.05. The molecule has 0 bridgehead atoms. The van der Waals surface area contributed by atoms with Crippen molar-refractivity contribution in [2.24, 2.45) is 7.05 Å². The number of benzene rings is 2. The van der Waals surface area contributed by atoms with Gasteiger partial charge in [-0.15, -0.1) is 0 Å². The Balaban J connectivity index is 0.000000470. The van der Waals surface area contributed by atoms with Gasteiger partial charge in [-0.2, -0.15) is 13.2 Å². The minimum absolute atomic E-state index is 0.0621. The highest BCUT2D eigenvalue weighted by Gasteiger charge is 2.47. The van der Waals surface area contributed by atoms with Crippen molar-refractivity contribution >= 4 is 22.8 Å². The zero-order valence-electron chi connectivity index (χ0n) is 21.0. The van der Waals surface area contributed by atoms with Crippen LogP contribution < -0.4 is 4.74 Å². The Morgan fingerprint density at radius 3 is 2.40 bits per heavy atom. The van der Waals surface area contributed by atoms with Crippen molar-refractivity contribution in [3.8, 4) is 17.1 Å². The van der Waals surface area contributed by atoms with E-state index in [0.29, 0.717) is 22.3 Å². The van der Waals surface area contributed by atoms with Crippen LogP contribution in [0, 0.1) is 0 Å². The molecule has 1 fully saturated rings. The Hall–Kier alpha value is -4.55. The number of hydrogen-bond donors (Lipinski definition) is 1. The molecule has 2 aromatic heterocycles. The zero-order chi connectivity index (χ0) is 29.1. The van der Waals surface area contributed by atoms with E-state index in [1.54, 1.807) is 47.3 Å². The molecule has 4 aromatic rings. The maximum Gasteiger partial charge on any atom is 0.490 e. The standard InChI is InChI=1S/C25H22F2N4O2.C2HF3O2/c1-30-14-21(28-16-30)18-7-3-4-8-19(18)24(32)31-13-12-25(26,27)22(15-31)33-23-11-10-17-6-2-5-9-20(17)29-23;3-2(4,5)1(6)7/h2-11,14,16,22H,12-13,15H2,1H3;(H,6,7). The van der Waals surface area contributed by atoms with Crippen LogP contribution in [0.4, 0.5) is 22.0 Å². The monoisotopic (exact) mass is 562 g/mol. The number of likely N-dealkylation sites (tertiary alicyclic amines) is 1. The Morgan fingerprint density at radius 2 is 1.73 bits per heavy atom. The summed E-state index contributed by atoms with van der Waals surface area (Å²) in [6.07, 6.45) is -3.60. The number of carbonyl (C=O) groups excluding carboxylic acids is 1. The van der Waals surface area contributed by atoms with Crippen molar-refractivity contribution in [3.63, 3.8) is 0 Å². The van der Waals surface area contributed by atoms with E-state index in [-0.39, 0.29) is 24.9 Å². The zero-order valence-corrected chi connectivity index (χ0v) is 21.0. The lowest BCUT2D eigenvalue weighted by Crippen LogP contribution is -2.55. The van der Waals surface area contributed by atoms with Gasteiger partial charge in [0.2, 0.25) is 5.88 Å². The molecule has 1 N–H and O–H groups in total. The van der Waals surface area contributed by atoms with E-state index >= 15 is 0 Å². The molecular formula is C27H23F5N4O4. The van der Waals surface area contributed by atoms with E-state index in [1.165, 1.54) is 4.90 Å². The number of imidazole rings is 1. The highest BCUT2D eigenvalue weighted by Crippen LogP contribution is 2.33. The van der Waals surface area contributed by atoms with E-state index in [0.717, 1.165) is 5.39 Å². The number of rotatable bonds is 4. The largest absolute Gasteiger partial charge is 0.490 e. The average Bonchev–Trinajstić information content (AvgIpc) is 3.35. The summed E-state index contributed by atoms with van der Waals surface area (Å²) in [5, 5.41) is 8.02. The molecule has 1 atom stereocenters. The van der Waals surface area contributed by atoms with Gasteiger partial charge in [0.25, 0.3) is 11.8 Å². The molecule has 0 saturated carbocycles. The van der Waals surface area contributed by atoms with Gasteiger partial charge >= 0.3 is 12.1 Å². The van der Waals surface area contributed by atoms with Gasteiger partial charge in [0.15, 0.2) is 6.10 Å². The highest BCUT2D eigenvalue weighted by molar-refractivity contribution is 6.00. The Bertz CT molecular complexity index is 1520. The van der Waals surface area contributed by atoms with E-state index in [2.05, 4.69) is 9.97 Å². The fourth-order valence-corrected chi connectivity index (χ4v) is 4.05. The Morgan fingerprint density at radius 1 is 1.05 bits per heavy atom. The molecule has 5 rings (SSSR count). The topological polar surface area (TPSA) is 97.5 Å². The Kier molecular flexibility index (Phi) is 8.03. The number of piperidine rings is 1. The molecule has 1 saturated heterocycles. The van der Waals surface area contributed by atoms with Gasteiger partial charge in [0.1, 0.15) is 0 Å². The number of hydrogen-bond acceptors (Lipinski definition) is 5. The first-order valence-electron chi connectivity index (χ1n) is 11.9. The third-order valence-electron chi connectivity index (χ3n) is 6.08. The number of carbonyl (C=O) groups is 2. The van der Waals surface area contributed by atoms with Crippen molar-refractivity contribution in [2.75, 3.05) is 13.1 Å². The van der Waals surface area contributed by atoms with Crippen molar-refractivity contribution < 1.29 is 41.4 Å². The normalized spacial score (nSPS) is 16.6. The van der Waals surface area contributed by atoms with Crippen LogP contribution in [0.3, 0.4) is 0 Å². The molecule has 0 radical (unpaired) electrons. The number of aliphatic carboxylic acids is 1. The number of halogens is 5. The number of alkyl halides is 5. The van der Waals surface area contributed by atoms with Gasteiger partial charge in [-0.25, -0.2) is 23.5 Å². The number of para-hydroxylation sites is 1. The van der Waals surface area contributed by atoms with E-state index in [9.17, 15) is 26.7 Å². The van der Waals surface area contributed by atoms with Crippen LogP contribution in [-0.2, 0) is 11.8 Å². The lowest BCUT2D eigenvalue weighted by atomic mass is 9.99. The summed E-state index contributed by atoms with van der Waals surface area (Å²) in [6, 6.07) is 17.8. The molecule has 3 heterocycles. The summed E-state index contributed by atoms with van der Waals surface area (Å²) in [7, 11) is 1.84.